The molecule has 5 rings (SSSR count). The number of hydrogen-bond acceptors (Lipinski definition) is 3. The van der Waals surface area contributed by atoms with E-state index >= 15 is 4.39 Å². The summed E-state index contributed by atoms with van der Waals surface area (Å²) in [4.78, 5) is 24.3. The average molecular weight is 392 g/mol. The fourth-order valence-electron chi connectivity index (χ4n) is 4.65. The molecule has 0 saturated heterocycles. The quantitative estimate of drug-likeness (QED) is 0.707. The molecule has 0 aliphatic heterocycles. The molecule has 0 spiro atoms. The Kier molecular flexibility index (Phi) is 3.90. The molecular weight excluding hydrogens is 371 g/mol. The van der Waals surface area contributed by atoms with Crippen molar-refractivity contribution in [3.05, 3.63) is 74.5 Å². The lowest BCUT2D eigenvalue weighted by Gasteiger charge is -2.17. The van der Waals surface area contributed by atoms with E-state index in [1.54, 1.807) is 6.92 Å². The van der Waals surface area contributed by atoms with Gasteiger partial charge in [-0.1, -0.05) is 12.1 Å². The molecule has 2 aromatic heterocycles. The number of aromatic nitrogens is 1. The molecule has 148 valence electrons. The number of carboxylic acid groups (broad SMARTS) is 1. The van der Waals surface area contributed by atoms with Crippen LogP contribution in [-0.4, -0.2) is 15.5 Å². The predicted molar refractivity (Wildman–Crippen MR) is 108 cm³/mol. The van der Waals surface area contributed by atoms with Gasteiger partial charge in [0.05, 0.1) is 5.52 Å². The molecule has 2 aliphatic carbocycles. The fourth-order valence-corrected chi connectivity index (χ4v) is 4.65. The standard InChI is InChI=1S/C23H21FN2O3/c1-11-20(14-5-4-12-6-7-19(25)15(12)8-14)18(24)10-26-21(11)16(13-2-3-13)9-17(22(26)27)23(28)29/h4-5,8-10,13,19H,2-3,6-7,25H2,1H3,(H,28,29). The van der Waals surface area contributed by atoms with E-state index in [4.69, 9.17) is 5.73 Å². The van der Waals surface area contributed by atoms with Crippen molar-refractivity contribution in [2.24, 2.45) is 5.73 Å². The van der Waals surface area contributed by atoms with E-state index in [0.717, 1.165) is 48.6 Å². The summed E-state index contributed by atoms with van der Waals surface area (Å²) >= 11 is 0. The number of rotatable bonds is 3. The molecule has 6 heteroatoms. The van der Waals surface area contributed by atoms with Crippen molar-refractivity contribution in [1.29, 1.82) is 0 Å². The summed E-state index contributed by atoms with van der Waals surface area (Å²) in [6.07, 6.45) is 4.82. The molecule has 0 bridgehead atoms. The van der Waals surface area contributed by atoms with Gasteiger partial charge in [-0.2, -0.15) is 0 Å². The van der Waals surface area contributed by atoms with Crippen LogP contribution in [-0.2, 0) is 6.42 Å². The zero-order chi connectivity index (χ0) is 20.4. The van der Waals surface area contributed by atoms with Crippen LogP contribution in [0.2, 0.25) is 0 Å². The van der Waals surface area contributed by atoms with Crippen molar-refractivity contribution in [2.45, 2.75) is 44.6 Å². The third kappa shape index (κ3) is 2.70. The van der Waals surface area contributed by atoms with Crippen LogP contribution in [0.3, 0.4) is 0 Å². The van der Waals surface area contributed by atoms with Gasteiger partial charge in [-0.15, -0.1) is 0 Å². The van der Waals surface area contributed by atoms with Gasteiger partial charge in [0.1, 0.15) is 11.4 Å². The number of carbonyl (C=O) groups is 1. The second-order valence-electron chi connectivity index (χ2n) is 8.15. The van der Waals surface area contributed by atoms with Crippen molar-refractivity contribution in [3.63, 3.8) is 0 Å². The lowest BCUT2D eigenvalue weighted by Crippen LogP contribution is -2.24. The fraction of sp³-hybridized carbons (Fsp3) is 0.304. The maximum Gasteiger partial charge on any atom is 0.341 e. The first-order valence-corrected chi connectivity index (χ1v) is 9.87. The lowest BCUT2D eigenvalue weighted by molar-refractivity contribution is 0.0694. The Labute approximate surface area is 166 Å². The Balaban J connectivity index is 1.82. The minimum absolute atomic E-state index is 0.0449. The molecule has 1 atom stereocenters. The van der Waals surface area contributed by atoms with Gasteiger partial charge in [0.2, 0.25) is 0 Å². The number of benzene rings is 1. The summed E-state index contributed by atoms with van der Waals surface area (Å²) < 4.78 is 16.4. The van der Waals surface area contributed by atoms with Gasteiger partial charge in [0.15, 0.2) is 0 Å². The molecule has 1 saturated carbocycles. The first kappa shape index (κ1) is 18.1. The van der Waals surface area contributed by atoms with Crippen molar-refractivity contribution in [3.8, 4) is 11.1 Å². The first-order valence-electron chi connectivity index (χ1n) is 9.87. The first-order chi connectivity index (χ1) is 13.9. The summed E-state index contributed by atoms with van der Waals surface area (Å²) in [5.41, 5.74) is 10.7. The van der Waals surface area contributed by atoms with E-state index in [-0.39, 0.29) is 17.5 Å². The number of carboxylic acids is 1. The zero-order valence-corrected chi connectivity index (χ0v) is 16.0. The zero-order valence-electron chi connectivity index (χ0n) is 16.0. The van der Waals surface area contributed by atoms with Gasteiger partial charge in [-0.25, -0.2) is 9.18 Å². The molecule has 3 N–H and O–H groups in total. The smallest absolute Gasteiger partial charge is 0.341 e. The Hall–Kier alpha value is -2.99. The van der Waals surface area contributed by atoms with Gasteiger partial charge in [-0.3, -0.25) is 9.20 Å². The number of nitrogens with zero attached hydrogens (tertiary/aromatic N) is 1. The van der Waals surface area contributed by atoms with Crippen LogP contribution in [0.1, 0.15) is 63.8 Å². The highest BCUT2D eigenvalue weighted by Gasteiger charge is 2.30. The molecule has 1 aromatic carbocycles. The molecule has 2 heterocycles. The van der Waals surface area contributed by atoms with Crippen LogP contribution >= 0.6 is 0 Å². The van der Waals surface area contributed by atoms with E-state index in [2.05, 4.69) is 0 Å². The molecule has 0 radical (unpaired) electrons. The van der Waals surface area contributed by atoms with E-state index in [1.165, 1.54) is 16.0 Å². The monoisotopic (exact) mass is 392 g/mol. The maximum absolute atomic E-state index is 15.2. The maximum atomic E-state index is 15.2. The van der Waals surface area contributed by atoms with Crippen LogP contribution in [0.25, 0.3) is 16.6 Å². The summed E-state index contributed by atoms with van der Waals surface area (Å²) in [5.74, 6) is -1.64. The Morgan fingerprint density at radius 3 is 2.66 bits per heavy atom. The van der Waals surface area contributed by atoms with Gasteiger partial charge >= 0.3 is 5.97 Å². The Morgan fingerprint density at radius 2 is 1.97 bits per heavy atom. The molecule has 2 aliphatic rings. The highest BCUT2D eigenvalue weighted by molar-refractivity contribution is 5.89. The molecule has 0 amide bonds. The number of fused-ring (bicyclic) bond motifs is 2. The van der Waals surface area contributed by atoms with Crippen molar-refractivity contribution in [1.82, 2.24) is 4.40 Å². The Bertz CT molecular complexity index is 1260. The highest BCUT2D eigenvalue weighted by Crippen LogP contribution is 2.44. The van der Waals surface area contributed by atoms with Crippen LogP contribution in [0.4, 0.5) is 4.39 Å². The van der Waals surface area contributed by atoms with Crippen molar-refractivity contribution < 1.29 is 14.3 Å². The third-order valence-electron chi connectivity index (χ3n) is 6.28. The van der Waals surface area contributed by atoms with Crippen LogP contribution in [0.5, 0.6) is 0 Å². The number of halogens is 1. The second kappa shape index (κ2) is 6.26. The third-order valence-corrected chi connectivity index (χ3v) is 6.28. The summed E-state index contributed by atoms with van der Waals surface area (Å²) in [6, 6.07) is 7.29. The SMILES string of the molecule is Cc1c(-c2ccc3c(c2)C(N)CC3)c(F)cn2c(=O)c(C(=O)O)cc(C3CC3)c12. The van der Waals surface area contributed by atoms with Gasteiger partial charge < -0.3 is 10.8 Å². The van der Waals surface area contributed by atoms with Gasteiger partial charge in [-0.05, 0) is 78.5 Å². The highest BCUT2D eigenvalue weighted by atomic mass is 19.1. The van der Waals surface area contributed by atoms with E-state index in [9.17, 15) is 14.7 Å². The minimum Gasteiger partial charge on any atom is -0.477 e. The molecular formula is C23H21FN2O3. The summed E-state index contributed by atoms with van der Waals surface area (Å²) in [6.45, 7) is 1.80. The topological polar surface area (TPSA) is 84.8 Å². The summed E-state index contributed by atoms with van der Waals surface area (Å²) in [7, 11) is 0. The van der Waals surface area contributed by atoms with Crippen molar-refractivity contribution >= 4 is 11.5 Å². The molecule has 1 unspecified atom stereocenters. The number of aromatic carboxylic acids is 1. The lowest BCUT2D eigenvalue weighted by atomic mass is 9.94. The Morgan fingerprint density at radius 1 is 1.21 bits per heavy atom. The molecule has 29 heavy (non-hydrogen) atoms. The minimum atomic E-state index is -1.29. The number of aryl methyl sites for hydroxylation is 2. The van der Waals surface area contributed by atoms with Gasteiger partial charge in [0, 0.05) is 17.8 Å². The predicted octanol–water partition coefficient (Wildman–Crippen LogP) is 3.94. The van der Waals surface area contributed by atoms with Crippen LogP contribution in [0, 0.1) is 12.7 Å². The largest absolute Gasteiger partial charge is 0.477 e. The molecule has 5 nitrogen and oxygen atoms in total. The number of nitrogens with two attached hydrogens (primary N) is 1. The number of pyridine rings is 2. The van der Waals surface area contributed by atoms with Crippen LogP contribution in [0.15, 0.2) is 35.3 Å². The second-order valence-corrected chi connectivity index (χ2v) is 8.15. The number of hydrogen-bond donors (Lipinski definition) is 2. The van der Waals surface area contributed by atoms with E-state index in [0.29, 0.717) is 16.6 Å². The molecule has 3 aromatic rings. The average Bonchev–Trinajstić information content (AvgIpc) is 3.46. The molecule has 1 fully saturated rings. The summed E-state index contributed by atoms with van der Waals surface area (Å²) in [5, 5.41) is 9.42. The van der Waals surface area contributed by atoms with E-state index in [1.807, 2.05) is 18.2 Å². The normalized spacial score (nSPS) is 18.2. The van der Waals surface area contributed by atoms with Gasteiger partial charge in [0.25, 0.3) is 5.56 Å². The van der Waals surface area contributed by atoms with Crippen molar-refractivity contribution in [2.75, 3.05) is 0 Å². The van der Waals surface area contributed by atoms with Crippen LogP contribution < -0.4 is 11.3 Å². The van der Waals surface area contributed by atoms with E-state index < -0.39 is 17.3 Å².